The fraction of sp³-hybridized carbons (Fsp3) is 0.357. The summed E-state index contributed by atoms with van der Waals surface area (Å²) in [7, 11) is 0. The Morgan fingerprint density at radius 3 is 2.92 bits per heavy atom. The molecule has 3 aromatic rings. The van der Waals surface area contributed by atoms with E-state index in [0.29, 0.717) is 17.0 Å². The van der Waals surface area contributed by atoms with Gasteiger partial charge >= 0.3 is 0 Å². The van der Waals surface area contributed by atoms with Crippen LogP contribution in [-0.4, -0.2) is 71.0 Å². The Labute approximate surface area is 150 Å². The number of aromatic nitrogens is 5. The van der Waals surface area contributed by atoms with Crippen molar-refractivity contribution < 1.29 is 20.1 Å². The van der Waals surface area contributed by atoms with Crippen LogP contribution in [0.2, 0.25) is 0 Å². The molecule has 4 rings (SSSR count). The van der Waals surface area contributed by atoms with Crippen molar-refractivity contribution in [2.24, 2.45) is 5.10 Å². The molecule has 4 atom stereocenters. The van der Waals surface area contributed by atoms with Gasteiger partial charge < -0.3 is 20.1 Å². The van der Waals surface area contributed by atoms with E-state index in [2.05, 4.69) is 30.5 Å². The van der Waals surface area contributed by atoms with E-state index in [1.54, 1.807) is 17.9 Å². The van der Waals surface area contributed by atoms with Crippen molar-refractivity contribution in [3.8, 4) is 0 Å². The monoisotopic (exact) mass is 377 g/mol. The van der Waals surface area contributed by atoms with Crippen LogP contribution < -0.4 is 5.43 Å². The number of imidazole rings is 1. The van der Waals surface area contributed by atoms with Crippen LogP contribution in [0.1, 0.15) is 11.1 Å². The maximum Gasteiger partial charge on any atom is 0.177 e. The summed E-state index contributed by atoms with van der Waals surface area (Å²) in [5.41, 5.74) is 5.32. The molecule has 136 valence electrons. The largest absolute Gasteiger partial charge is 0.394 e. The second-order valence-electron chi connectivity index (χ2n) is 5.55. The zero-order valence-electron chi connectivity index (χ0n) is 13.2. The first-order chi connectivity index (χ1) is 12.7. The molecule has 0 aromatic carbocycles. The molecular formula is C14H15N7O4S. The lowest BCUT2D eigenvalue weighted by atomic mass is 10.1. The van der Waals surface area contributed by atoms with E-state index >= 15 is 0 Å². The Morgan fingerprint density at radius 2 is 2.19 bits per heavy atom. The van der Waals surface area contributed by atoms with Crippen molar-refractivity contribution in [2.45, 2.75) is 24.5 Å². The molecule has 0 amide bonds. The normalized spacial score (nSPS) is 26.1. The lowest BCUT2D eigenvalue weighted by molar-refractivity contribution is -0.0511. The number of hydrazone groups is 1. The Hall–Kier alpha value is -2.51. The Balaban J connectivity index is 1.61. The summed E-state index contributed by atoms with van der Waals surface area (Å²) < 4.78 is 7.00. The Morgan fingerprint density at radius 1 is 1.31 bits per heavy atom. The highest BCUT2D eigenvalue weighted by molar-refractivity contribution is 7.11. The van der Waals surface area contributed by atoms with E-state index in [1.807, 2.05) is 0 Å². The lowest BCUT2D eigenvalue weighted by Crippen LogP contribution is -2.33. The molecule has 3 aromatic heterocycles. The number of hydrogen-bond donors (Lipinski definition) is 4. The maximum atomic E-state index is 10.2. The number of aliphatic hydroxyl groups is 3. The molecule has 0 bridgehead atoms. The minimum Gasteiger partial charge on any atom is -0.394 e. The summed E-state index contributed by atoms with van der Waals surface area (Å²) in [5, 5.41) is 33.4. The molecule has 12 heteroatoms. The first-order valence-corrected chi connectivity index (χ1v) is 8.54. The third kappa shape index (κ3) is 2.93. The second kappa shape index (κ2) is 7.01. The molecule has 1 aliphatic heterocycles. The van der Waals surface area contributed by atoms with E-state index in [1.165, 1.54) is 28.6 Å². The highest BCUT2D eigenvalue weighted by Crippen LogP contribution is 2.32. The van der Waals surface area contributed by atoms with Crippen molar-refractivity contribution in [3.63, 3.8) is 0 Å². The van der Waals surface area contributed by atoms with Crippen molar-refractivity contribution in [2.75, 3.05) is 12.0 Å². The summed E-state index contributed by atoms with van der Waals surface area (Å²) >= 11 is 1.44. The first-order valence-electron chi connectivity index (χ1n) is 7.66. The summed E-state index contributed by atoms with van der Waals surface area (Å²) in [6, 6.07) is 0. The van der Waals surface area contributed by atoms with Crippen LogP contribution in [-0.2, 0) is 4.74 Å². The topological polar surface area (TPSA) is 151 Å². The quantitative estimate of drug-likeness (QED) is 0.335. The minimum absolute atomic E-state index is 0.376. The average molecular weight is 377 g/mol. The van der Waals surface area contributed by atoms with Crippen LogP contribution in [0.5, 0.6) is 0 Å². The number of hydrogen-bond acceptors (Lipinski definition) is 11. The van der Waals surface area contributed by atoms with Gasteiger partial charge in [0, 0.05) is 6.20 Å². The Kier molecular flexibility index (Phi) is 4.57. The molecule has 0 unspecified atom stereocenters. The SMILES string of the molecule is OC[C@H]1O[C@@H](n2cnc3c(N/N=C/c4cncs4)ncnc32)[C@H](O)[C@@H]1O. The molecule has 4 N–H and O–H groups in total. The highest BCUT2D eigenvalue weighted by atomic mass is 32.1. The summed E-state index contributed by atoms with van der Waals surface area (Å²) in [5.74, 6) is 0.376. The fourth-order valence-corrected chi connectivity index (χ4v) is 3.15. The molecule has 26 heavy (non-hydrogen) atoms. The number of fused-ring (bicyclic) bond motifs is 1. The predicted molar refractivity (Wildman–Crippen MR) is 91.7 cm³/mol. The van der Waals surface area contributed by atoms with Crippen LogP contribution in [0.15, 0.2) is 29.5 Å². The molecule has 0 aliphatic carbocycles. The third-order valence-electron chi connectivity index (χ3n) is 3.96. The molecule has 1 aliphatic rings. The summed E-state index contributed by atoms with van der Waals surface area (Å²) in [4.78, 5) is 17.4. The number of ether oxygens (including phenoxy) is 1. The minimum atomic E-state index is -1.22. The Bertz CT molecular complexity index is 915. The smallest absolute Gasteiger partial charge is 0.177 e. The number of rotatable bonds is 5. The van der Waals surface area contributed by atoms with Crippen molar-refractivity contribution >= 4 is 34.5 Å². The van der Waals surface area contributed by atoms with E-state index in [4.69, 9.17) is 4.74 Å². The van der Waals surface area contributed by atoms with E-state index in [-0.39, 0.29) is 0 Å². The molecule has 4 heterocycles. The van der Waals surface area contributed by atoms with Gasteiger partial charge in [-0.25, -0.2) is 15.0 Å². The summed E-state index contributed by atoms with van der Waals surface area (Å²) in [6.45, 7) is -0.407. The average Bonchev–Trinajstić information content (AvgIpc) is 3.37. The number of nitrogens with zero attached hydrogens (tertiary/aromatic N) is 6. The van der Waals surface area contributed by atoms with E-state index < -0.39 is 31.1 Å². The van der Waals surface area contributed by atoms with Gasteiger partial charge in [-0.1, -0.05) is 0 Å². The van der Waals surface area contributed by atoms with E-state index in [0.717, 1.165) is 4.88 Å². The molecule has 0 radical (unpaired) electrons. The van der Waals surface area contributed by atoms with Gasteiger partial charge in [0.1, 0.15) is 24.6 Å². The predicted octanol–water partition coefficient (Wildman–Crippen LogP) is -0.660. The first kappa shape index (κ1) is 16.9. The van der Waals surface area contributed by atoms with Gasteiger partial charge in [-0.15, -0.1) is 11.3 Å². The van der Waals surface area contributed by atoms with Crippen LogP contribution in [0.25, 0.3) is 11.2 Å². The zero-order chi connectivity index (χ0) is 18.1. The van der Waals surface area contributed by atoms with Gasteiger partial charge in [0.25, 0.3) is 0 Å². The van der Waals surface area contributed by atoms with Gasteiger partial charge in [-0.2, -0.15) is 5.10 Å². The van der Waals surface area contributed by atoms with Gasteiger partial charge in [-0.3, -0.25) is 15.0 Å². The van der Waals surface area contributed by atoms with Crippen LogP contribution in [0.4, 0.5) is 5.82 Å². The van der Waals surface area contributed by atoms with Crippen molar-refractivity contribution in [1.82, 2.24) is 24.5 Å². The maximum absolute atomic E-state index is 10.2. The highest BCUT2D eigenvalue weighted by Gasteiger charge is 2.44. The molecule has 1 saturated heterocycles. The number of thiazole rings is 1. The molecule has 0 spiro atoms. The number of aliphatic hydroxyl groups excluding tert-OH is 3. The lowest BCUT2D eigenvalue weighted by Gasteiger charge is -2.16. The van der Waals surface area contributed by atoms with Gasteiger partial charge in [0.15, 0.2) is 23.2 Å². The van der Waals surface area contributed by atoms with Crippen molar-refractivity contribution in [3.05, 3.63) is 29.2 Å². The van der Waals surface area contributed by atoms with Crippen LogP contribution in [0.3, 0.4) is 0 Å². The van der Waals surface area contributed by atoms with Gasteiger partial charge in [0.2, 0.25) is 0 Å². The molecule has 11 nitrogen and oxygen atoms in total. The second-order valence-corrected chi connectivity index (χ2v) is 6.47. The molecular weight excluding hydrogens is 362 g/mol. The number of anilines is 1. The molecule has 0 saturated carbocycles. The summed E-state index contributed by atoms with van der Waals surface area (Å²) in [6.07, 6.45) is 1.82. The number of nitrogens with one attached hydrogen (secondary N) is 1. The van der Waals surface area contributed by atoms with Gasteiger partial charge in [0.05, 0.1) is 29.5 Å². The van der Waals surface area contributed by atoms with Gasteiger partial charge in [-0.05, 0) is 0 Å². The fourth-order valence-electron chi connectivity index (χ4n) is 2.68. The van der Waals surface area contributed by atoms with Crippen LogP contribution in [0, 0.1) is 0 Å². The zero-order valence-corrected chi connectivity index (χ0v) is 14.1. The van der Waals surface area contributed by atoms with Crippen LogP contribution >= 0.6 is 11.3 Å². The van der Waals surface area contributed by atoms with E-state index in [9.17, 15) is 15.3 Å². The standard InChI is InChI=1S/C14H15N7O4S/c22-3-8-10(23)11(24)14(25-8)21-5-18-9-12(16-4-17-13(9)21)20-19-2-7-1-15-6-26-7/h1-2,4-6,8,10-11,14,22-24H,3H2,(H,16,17,20)/b19-2+/t8-,10-,11-,14-/m1/s1. The third-order valence-corrected chi connectivity index (χ3v) is 4.67. The molecule has 1 fully saturated rings. The van der Waals surface area contributed by atoms with Crippen molar-refractivity contribution in [1.29, 1.82) is 0 Å².